The van der Waals surface area contributed by atoms with Crippen LogP contribution < -0.4 is 6.14 Å². The van der Waals surface area contributed by atoms with Crippen LogP contribution in [0, 0.1) is 0 Å². The summed E-state index contributed by atoms with van der Waals surface area (Å²) >= 11 is 1.62. The number of unbranched alkanes of at least 4 members (excludes halogenated alkanes) is 6. The average Bonchev–Trinajstić information content (AvgIpc) is 2.78. The summed E-state index contributed by atoms with van der Waals surface area (Å²) in [6, 6.07) is 21.1. The summed E-state index contributed by atoms with van der Waals surface area (Å²) in [4.78, 5) is 21.2. The van der Waals surface area contributed by atoms with Gasteiger partial charge >= 0.3 is 131 Å². The van der Waals surface area contributed by atoms with E-state index in [4.69, 9.17) is 9.84 Å². The van der Waals surface area contributed by atoms with Crippen LogP contribution in [0.4, 0.5) is 0 Å². The molecule has 6 heteroatoms. The average molecular weight is 812 g/mol. The summed E-state index contributed by atoms with van der Waals surface area (Å²) < 4.78 is 7.79. The predicted octanol–water partition coefficient (Wildman–Crippen LogP) is 5.38. The molecule has 0 atom stereocenters. The number of esters is 1. The molecule has 2 rings (SSSR count). The topological polar surface area (TPSA) is 63.6 Å². The van der Waals surface area contributed by atoms with Gasteiger partial charge in [-0.05, 0) is 18.9 Å². The number of carboxylic acids is 1. The van der Waals surface area contributed by atoms with E-state index < -0.39 is 11.9 Å². The van der Waals surface area contributed by atoms with Gasteiger partial charge in [-0.3, -0.25) is 9.59 Å². The van der Waals surface area contributed by atoms with Crippen molar-refractivity contribution in [1.82, 2.24) is 0 Å². The first kappa shape index (κ1) is 31.0. The number of allylic oxidation sites excluding steroid dienone is 1. The maximum absolute atomic E-state index is 11.0. The molecule has 2 aromatic carbocycles. The molecule has 0 aromatic heterocycles. The molecule has 0 bridgehead atoms. The van der Waals surface area contributed by atoms with E-state index in [2.05, 4.69) is 67.6 Å². The Hall–Kier alpha value is -1.01. The Labute approximate surface area is 225 Å². The van der Waals surface area contributed by atoms with Crippen LogP contribution in [0.5, 0.6) is 0 Å². The summed E-state index contributed by atoms with van der Waals surface area (Å²) in [6.07, 6.45) is 11.3. The van der Waals surface area contributed by atoms with Crippen LogP contribution in [0.3, 0.4) is 0 Å². The third-order valence-electron chi connectivity index (χ3n) is 4.25. The first-order chi connectivity index (χ1) is 15.5. The predicted molar refractivity (Wildman–Crippen MR) is 122 cm³/mol. The third kappa shape index (κ3) is 23.6. The molecular formula is C26H34Hg2O4. The molecule has 0 spiro atoms. The van der Waals surface area contributed by atoms with Gasteiger partial charge in [0.15, 0.2) is 0 Å². The number of carbonyl (C=O) groups is 2. The molecule has 0 saturated heterocycles. The van der Waals surface area contributed by atoms with Gasteiger partial charge in [-0.2, -0.15) is 0 Å². The number of carbonyl (C=O) groups excluding carboxylic acids is 1. The molecule has 4 nitrogen and oxygen atoms in total. The number of ether oxygens (including phenoxy) is 1. The number of rotatable bonds is 11. The van der Waals surface area contributed by atoms with E-state index in [-0.39, 0.29) is 12.8 Å². The van der Waals surface area contributed by atoms with Gasteiger partial charge in [0, 0.05) is 0 Å². The second-order valence-electron chi connectivity index (χ2n) is 7.28. The van der Waals surface area contributed by atoms with Crippen molar-refractivity contribution in [1.29, 1.82) is 0 Å². The Morgan fingerprint density at radius 3 is 1.75 bits per heavy atom. The van der Waals surface area contributed by atoms with Gasteiger partial charge in [-0.15, -0.1) is 0 Å². The molecule has 0 heterocycles. The van der Waals surface area contributed by atoms with Gasteiger partial charge in [0.2, 0.25) is 0 Å². The minimum absolute atomic E-state index is 0.0727. The first-order valence-electron chi connectivity index (χ1n) is 11.3. The molecule has 166 valence electrons. The summed E-state index contributed by atoms with van der Waals surface area (Å²) in [5.74, 6) is -1.47. The molecule has 2 aromatic rings. The molecule has 0 aliphatic rings. The van der Waals surface area contributed by atoms with Gasteiger partial charge in [-0.1, -0.05) is 39.0 Å². The van der Waals surface area contributed by atoms with Gasteiger partial charge in [-0.25, -0.2) is 0 Å². The second kappa shape index (κ2) is 23.2. The van der Waals surface area contributed by atoms with Crippen molar-refractivity contribution < 1.29 is 71.7 Å². The van der Waals surface area contributed by atoms with Crippen LogP contribution in [-0.4, -0.2) is 17.0 Å². The number of benzene rings is 2. The Morgan fingerprint density at radius 2 is 1.31 bits per heavy atom. The van der Waals surface area contributed by atoms with Crippen LogP contribution in [0.1, 0.15) is 64.7 Å². The molecular weight excluding hydrogens is 777 g/mol. The van der Waals surface area contributed by atoms with E-state index >= 15 is 0 Å². The Morgan fingerprint density at radius 1 is 0.812 bits per heavy atom. The van der Waals surface area contributed by atoms with Crippen LogP contribution >= 0.6 is 0 Å². The zero-order valence-electron chi connectivity index (χ0n) is 19.4. The van der Waals surface area contributed by atoms with Gasteiger partial charge in [0.05, 0.1) is 19.1 Å². The van der Waals surface area contributed by atoms with E-state index in [9.17, 15) is 9.59 Å². The van der Waals surface area contributed by atoms with Crippen molar-refractivity contribution in [3.8, 4) is 0 Å². The van der Waals surface area contributed by atoms with Crippen LogP contribution in [0.25, 0.3) is 0 Å². The number of carboxylic acid groups (broad SMARTS) is 1. The minimum atomic E-state index is -0.983. The van der Waals surface area contributed by atoms with Gasteiger partial charge < -0.3 is 9.84 Å². The monoisotopic (exact) mass is 814 g/mol. The van der Waals surface area contributed by atoms with E-state index in [0.29, 0.717) is 0 Å². The zero-order chi connectivity index (χ0) is 23.9. The molecule has 0 radical (unpaired) electrons. The van der Waals surface area contributed by atoms with Crippen molar-refractivity contribution in [2.75, 3.05) is 0 Å². The van der Waals surface area contributed by atoms with Gasteiger partial charge in [0.25, 0.3) is 0 Å². The molecule has 0 aliphatic carbocycles. The fourth-order valence-electron chi connectivity index (χ4n) is 2.46. The van der Waals surface area contributed by atoms with Crippen LogP contribution in [-0.2, 0) is 66.6 Å². The number of hydrogen-bond acceptors (Lipinski definition) is 3. The van der Waals surface area contributed by atoms with Crippen molar-refractivity contribution in [3.05, 3.63) is 73.0 Å². The van der Waals surface area contributed by atoms with Crippen molar-refractivity contribution in [3.63, 3.8) is 0 Å². The molecule has 0 saturated carbocycles. The zero-order valence-corrected chi connectivity index (χ0v) is 30.4. The van der Waals surface area contributed by atoms with Crippen LogP contribution in [0.15, 0.2) is 73.0 Å². The Balaban J connectivity index is 0.000000550. The summed E-state index contributed by atoms with van der Waals surface area (Å²) in [6.45, 7) is 2.20. The third-order valence-corrected chi connectivity index (χ3v) is 7.91. The normalized spacial score (nSPS) is 9.91. The van der Waals surface area contributed by atoms with Crippen molar-refractivity contribution in [2.24, 2.45) is 0 Å². The van der Waals surface area contributed by atoms with Gasteiger partial charge in [0.1, 0.15) is 0 Å². The maximum atomic E-state index is 11.0. The SMILES string of the molecule is CCCCCCCCC=COC(=O)CCC(=O)O.[Hg][c]1ccccc1.[Hg][c]1ccccc1. The number of aliphatic carboxylic acids is 1. The summed E-state index contributed by atoms with van der Waals surface area (Å²) in [5, 5.41) is 8.37. The van der Waals surface area contributed by atoms with E-state index in [0.717, 1.165) is 65.1 Å². The Bertz CT molecular complexity index is 697. The molecule has 0 aliphatic heterocycles. The number of hydrogen-bond donors (Lipinski definition) is 1. The fourth-order valence-corrected chi connectivity index (χ4v) is 4.57. The van der Waals surface area contributed by atoms with Crippen molar-refractivity contribution in [2.45, 2.75) is 64.7 Å². The molecule has 32 heavy (non-hydrogen) atoms. The molecule has 0 fully saturated rings. The molecule has 1 N–H and O–H groups in total. The standard InChI is InChI=1S/C14H24O4.2C6H5.2Hg/c1-2-3-4-5-6-7-8-9-12-18-14(17)11-10-13(15)16;2*1-2-4-6-5-3-1;;/h9,12H,2-8,10-11H2,1H3,(H,15,16);2*1-5H;;. The second-order valence-corrected chi connectivity index (χ2v) is 13.6. The van der Waals surface area contributed by atoms with Crippen LogP contribution in [0.2, 0.25) is 0 Å². The molecule has 0 unspecified atom stereocenters. The van der Waals surface area contributed by atoms with E-state index in [1.54, 1.807) is 0 Å². The quantitative estimate of drug-likeness (QED) is 0.144. The fraction of sp³-hybridized carbons (Fsp3) is 0.385. The van der Waals surface area contributed by atoms with E-state index in [1.165, 1.54) is 44.5 Å². The summed E-state index contributed by atoms with van der Waals surface area (Å²) in [7, 11) is 0. The Kier molecular flexibility index (Phi) is 22.4. The van der Waals surface area contributed by atoms with Crippen molar-refractivity contribution >= 4 is 18.1 Å². The first-order valence-corrected chi connectivity index (χ1v) is 16.8. The van der Waals surface area contributed by atoms with E-state index in [1.807, 2.05) is 6.08 Å². The molecule has 0 amide bonds. The summed E-state index contributed by atoms with van der Waals surface area (Å²) in [5.41, 5.74) is 0.